The lowest BCUT2D eigenvalue weighted by atomic mass is 9.84. The molecule has 0 aliphatic carbocycles. The second kappa shape index (κ2) is 7.30. The molecule has 142 valence electrons. The van der Waals surface area contributed by atoms with Crippen molar-refractivity contribution in [1.29, 1.82) is 0 Å². The van der Waals surface area contributed by atoms with Crippen molar-refractivity contribution < 1.29 is 9.59 Å². The van der Waals surface area contributed by atoms with Crippen LogP contribution < -0.4 is 0 Å². The molecule has 0 saturated heterocycles. The number of carbonyl (C=O) groups is 2. The Morgan fingerprint density at radius 2 is 1.19 bits per heavy atom. The number of amides is 2. The van der Waals surface area contributed by atoms with Gasteiger partial charge in [-0.25, -0.2) is 0 Å². The lowest BCUT2D eigenvalue weighted by molar-refractivity contribution is 0.0641. The molecule has 0 saturated carbocycles. The summed E-state index contributed by atoms with van der Waals surface area (Å²) >= 11 is 0. The van der Waals surface area contributed by atoms with Crippen molar-refractivity contribution >= 4 is 11.8 Å². The summed E-state index contributed by atoms with van der Waals surface area (Å²) < 4.78 is 0. The molecule has 0 unspecified atom stereocenters. The number of carbonyl (C=O) groups excluding carboxylic acids is 2. The van der Waals surface area contributed by atoms with E-state index in [0.29, 0.717) is 35.4 Å². The van der Waals surface area contributed by atoms with Gasteiger partial charge in [0.05, 0.1) is 17.7 Å². The van der Waals surface area contributed by atoms with Crippen LogP contribution in [-0.4, -0.2) is 16.7 Å². The van der Waals surface area contributed by atoms with E-state index >= 15 is 0 Å². The van der Waals surface area contributed by atoms with Gasteiger partial charge in [-0.3, -0.25) is 14.5 Å². The van der Waals surface area contributed by atoms with Gasteiger partial charge >= 0.3 is 0 Å². The van der Waals surface area contributed by atoms with Crippen LogP contribution in [0.15, 0.2) is 36.4 Å². The quantitative estimate of drug-likeness (QED) is 0.625. The van der Waals surface area contributed by atoms with Crippen molar-refractivity contribution in [1.82, 2.24) is 4.90 Å². The molecule has 27 heavy (non-hydrogen) atoms. The first-order valence-corrected chi connectivity index (χ1v) is 9.84. The van der Waals surface area contributed by atoms with Gasteiger partial charge in [-0.15, -0.1) is 0 Å². The molecule has 0 aromatic heterocycles. The van der Waals surface area contributed by atoms with Gasteiger partial charge in [-0.05, 0) is 52.1 Å². The Balaban J connectivity index is 2.09. The summed E-state index contributed by atoms with van der Waals surface area (Å²) in [5, 5.41) is 0. The molecule has 2 aromatic carbocycles. The van der Waals surface area contributed by atoms with E-state index in [0.717, 1.165) is 5.56 Å². The van der Waals surface area contributed by atoms with Crippen LogP contribution in [0.4, 0.5) is 0 Å². The van der Waals surface area contributed by atoms with Crippen LogP contribution in [0.5, 0.6) is 0 Å². The van der Waals surface area contributed by atoms with Crippen molar-refractivity contribution in [2.75, 3.05) is 0 Å². The molecule has 0 fully saturated rings. The predicted molar refractivity (Wildman–Crippen MR) is 109 cm³/mol. The van der Waals surface area contributed by atoms with E-state index in [2.05, 4.69) is 53.7 Å². The van der Waals surface area contributed by atoms with Crippen LogP contribution in [0.3, 0.4) is 0 Å². The van der Waals surface area contributed by atoms with Gasteiger partial charge in [-0.2, -0.15) is 0 Å². The zero-order valence-electron chi connectivity index (χ0n) is 17.2. The average Bonchev–Trinajstić information content (AvgIpc) is 2.86. The molecule has 2 aromatic rings. The highest BCUT2D eigenvalue weighted by atomic mass is 16.2. The Morgan fingerprint density at radius 3 is 1.56 bits per heavy atom. The third-order valence-corrected chi connectivity index (χ3v) is 5.45. The van der Waals surface area contributed by atoms with Crippen molar-refractivity contribution in [3.63, 3.8) is 0 Å². The van der Waals surface area contributed by atoms with Crippen molar-refractivity contribution in [2.24, 2.45) is 0 Å². The highest BCUT2D eigenvalue weighted by Gasteiger charge is 2.36. The molecule has 3 rings (SSSR count). The van der Waals surface area contributed by atoms with Gasteiger partial charge in [0, 0.05) is 0 Å². The number of hydrogen-bond donors (Lipinski definition) is 0. The minimum absolute atomic E-state index is 0.187. The minimum Gasteiger partial charge on any atom is -0.270 e. The molecule has 0 N–H and O–H groups in total. The van der Waals surface area contributed by atoms with Crippen LogP contribution >= 0.6 is 0 Å². The second-order valence-corrected chi connectivity index (χ2v) is 8.38. The first-order chi connectivity index (χ1) is 12.7. The molecule has 1 heterocycles. The maximum Gasteiger partial charge on any atom is 0.261 e. The minimum atomic E-state index is -0.187. The Labute approximate surface area is 162 Å². The van der Waals surface area contributed by atoms with Gasteiger partial charge in [0.15, 0.2) is 0 Å². The first kappa shape index (κ1) is 19.3. The van der Waals surface area contributed by atoms with Crippen molar-refractivity contribution in [3.05, 3.63) is 69.8 Å². The van der Waals surface area contributed by atoms with Crippen LogP contribution in [0.2, 0.25) is 0 Å². The van der Waals surface area contributed by atoms with E-state index in [1.54, 1.807) is 12.1 Å². The van der Waals surface area contributed by atoms with Crippen molar-refractivity contribution in [3.8, 4) is 0 Å². The molecule has 0 atom stereocenters. The number of fused-ring (bicyclic) bond motifs is 1. The summed E-state index contributed by atoms with van der Waals surface area (Å²) in [7, 11) is 0. The molecule has 0 radical (unpaired) electrons. The fourth-order valence-corrected chi connectivity index (χ4v) is 3.83. The van der Waals surface area contributed by atoms with Crippen LogP contribution in [-0.2, 0) is 6.54 Å². The summed E-state index contributed by atoms with van der Waals surface area (Å²) in [5.74, 6) is 0.715. The Bertz CT molecular complexity index is 829. The Morgan fingerprint density at radius 1 is 0.741 bits per heavy atom. The highest BCUT2D eigenvalue weighted by molar-refractivity contribution is 6.21. The molecular formula is C24H29NO2. The molecule has 1 aliphatic rings. The van der Waals surface area contributed by atoms with E-state index in [1.807, 2.05) is 12.1 Å². The normalized spacial score (nSPS) is 14.0. The van der Waals surface area contributed by atoms with Gasteiger partial charge in [0.1, 0.15) is 0 Å². The fourth-order valence-electron chi connectivity index (χ4n) is 3.83. The monoisotopic (exact) mass is 363 g/mol. The molecular weight excluding hydrogens is 334 g/mol. The zero-order valence-corrected chi connectivity index (χ0v) is 17.2. The van der Waals surface area contributed by atoms with Crippen molar-refractivity contribution in [2.45, 2.75) is 65.8 Å². The van der Waals surface area contributed by atoms with Gasteiger partial charge in [0.2, 0.25) is 0 Å². The van der Waals surface area contributed by atoms with E-state index in [4.69, 9.17) is 0 Å². The molecule has 0 bridgehead atoms. The predicted octanol–water partition coefficient (Wildman–Crippen LogP) is 5.85. The highest BCUT2D eigenvalue weighted by Crippen LogP contribution is 2.34. The fraction of sp³-hybridized carbons (Fsp3) is 0.417. The van der Waals surface area contributed by atoms with E-state index in [9.17, 15) is 9.59 Å². The smallest absolute Gasteiger partial charge is 0.261 e. The van der Waals surface area contributed by atoms with Gasteiger partial charge < -0.3 is 0 Å². The summed E-state index contributed by atoms with van der Waals surface area (Å²) in [5.41, 5.74) is 5.94. The summed E-state index contributed by atoms with van der Waals surface area (Å²) in [6.45, 7) is 13.4. The lowest BCUT2D eigenvalue weighted by Gasteiger charge is -2.25. The number of rotatable bonds is 5. The number of benzene rings is 2. The number of imide groups is 1. The number of hydrogen-bond acceptors (Lipinski definition) is 2. The standard InChI is InChI=1S/C24H29NO2/c1-14(2)17-11-20(15(3)4)22(21(12-17)16(5)6)13-25-23(26)18-9-7-8-10-19(18)24(25)27/h7-12,14-16H,13H2,1-6H3. The van der Waals surface area contributed by atoms with Crippen LogP contribution in [0.1, 0.15) is 102 Å². The Hall–Kier alpha value is -2.42. The number of nitrogens with zero attached hydrogens (tertiary/aromatic N) is 1. The third kappa shape index (κ3) is 3.43. The maximum atomic E-state index is 12.9. The maximum absolute atomic E-state index is 12.9. The molecule has 3 nitrogen and oxygen atoms in total. The average molecular weight is 364 g/mol. The summed E-state index contributed by atoms with van der Waals surface area (Å²) in [6, 6.07) is 11.6. The van der Waals surface area contributed by atoms with Gasteiger partial charge in [0.25, 0.3) is 11.8 Å². The topological polar surface area (TPSA) is 37.4 Å². The van der Waals surface area contributed by atoms with E-state index in [-0.39, 0.29) is 11.8 Å². The van der Waals surface area contributed by atoms with Gasteiger partial charge in [-0.1, -0.05) is 65.8 Å². The molecule has 0 spiro atoms. The first-order valence-electron chi connectivity index (χ1n) is 9.84. The van der Waals surface area contributed by atoms with Crippen LogP contribution in [0.25, 0.3) is 0 Å². The van der Waals surface area contributed by atoms with E-state index in [1.165, 1.54) is 21.6 Å². The lowest BCUT2D eigenvalue weighted by Crippen LogP contribution is -2.30. The summed E-state index contributed by atoms with van der Waals surface area (Å²) in [4.78, 5) is 27.1. The Kier molecular flexibility index (Phi) is 5.23. The molecule has 3 heteroatoms. The molecule has 1 aliphatic heterocycles. The SMILES string of the molecule is CC(C)c1cc(C(C)C)c(CN2C(=O)c3ccccc3C2=O)c(C(C)C)c1. The van der Waals surface area contributed by atoms with E-state index < -0.39 is 0 Å². The molecule has 2 amide bonds. The second-order valence-electron chi connectivity index (χ2n) is 8.38. The summed E-state index contributed by atoms with van der Waals surface area (Å²) in [6.07, 6.45) is 0. The zero-order chi connectivity index (χ0) is 19.9. The third-order valence-electron chi connectivity index (χ3n) is 5.45. The largest absolute Gasteiger partial charge is 0.270 e. The van der Waals surface area contributed by atoms with Crippen LogP contribution in [0, 0.1) is 0 Å².